The van der Waals surface area contributed by atoms with E-state index in [0.29, 0.717) is 0 Å². The Kier molecular flexibility index (Phi) is 3.41. The fourth-order valence-electron chi connectivity index (χ4n) is 1.36. The van der Waals surface area contributed by atoms with E-state index in [2.05, 4.69) is 22.6 Å². The minimum atomic E-state index is 0.789. The van der Waals surface area contributed by atoms with Gasteiger partial charge in [-0.2, -0.15) is 0 Å². The lowest BCUT2D eigenvalue weighted by Gasteiger charge is -2.02. The molecule has 0 bridgehead atoms. The first kappa shape index (κ1) is 11.0. The molecule has 0 spiro atoms. The van der Waals surface area contributed by atoms with E-state index in [4.69, 9.17) is 5.73 Å². The molecule has 3 nitrogen and oxygen atoms in total. The summed E-state index contributed by atoms with van der Waals surface area (Å²) >= 11 is 1.65. The highest BCUT2D eigenvalue weighted by molar-refractivity contribution is 7.13. The predicted octanol–water partition coefficient (Wildman–Crippen LogP) is 2.90. The number of nitrogens with one attached hydrogen (secondary N) is 1. The number of anilines is 2. The molecule has 1 aromatic carbocycles. The zero-order valence-corrected chi connectivity index (χ0v) is 10.1. The summed E-state index contributed by atoms with van der Waals surface area (Å²) < 4.78 is 0. The fraction of sp³-hybridized carbons (Fsp3) is 0.250. The van der Waals surface area contributed by atoms with E-state index in [1.54, 1.807) is 11.3 Å². The highest BCUT2D eigenvalue weighted by Gasteiger charge is 1.99. The molecular formula is C12H15N3S. The molecule has 0 atom stereocenters. The number of nitrogens with two attached hydrogens (primary N) is 1. The molecule has 1 aromatic heterocycles. The lowest BCUT2D eigenvalue weighted by atomic mass is 10.2. The lowest BCUT2D eigenvalue weighted by molar-refractivity contribution is 1.05. The van der Waals surface area contributed by atoms with Gasteiger partial charge in [0.15, 0.2) is 5.13 Å². The molecule has 0 aliphatic heterocycles. The smallest absolute Gasteiger partial charge is 0.183 e. The third kappa shape index (κ3) is 2.73. The van der Waals surface area contributed by atoms with E-state index in [0.717, 1.165) is 29.5 Å². The van der Waals surface area contributed by atoms with E-state index in [1.165, 1.54) is 5.56 Å². The van der Waals surface area contributed by atoms with E-state index < -0.39 is 0 Å². The first-order valence-corrected chi connectivity index (χ1v) is 6.18. The van der Waals surface area contributed by atoms with Crippen LogP contribution in [0.3, 0.4) is 0 Å². The standard InChI is InChI=1S/C12H15N3S/c1-2-11-8-16-12(15-11)14-7-9-3-5-10(13)6-4-9/h3-6,8H,2,7,13H2,1H3,(H,14,15). The van der Waals surface area contributed by atoms with Crippen molar-refractivity contribution < 1.29 is 0 Å². The van der Waals surface area contributed by atoms with Crippen LogP contribution in [0.15, 0.2) is 29.6 Å². The number of aryl methyl sites for hydroxylation is 1. The van der Waals surface area contributed by atoms with Gasteiger partial charge in [-0.25, -0.2) is 4.98 Å². The van der Waals surface area contributed by atoms with E-state index >= 15 is 0 Å². The van der Waals surface area contributed by atoms with Crippen LogP contribution in [0, 0.1) is 0 Å². The Morgan fingerprint density at radius 1 is 1.31 bits per heavy atom. The molecule has 3 N–H and O–H groups in total. The van der Waals surface area contributed by atoms with Crippen molar-refractivity contribution in [2.75, 3.05) is 11.1 Å². The monoisotopic (exact) mass is 233 g/mol. The van der Waals surface area contributed by atoms with Crippen LogP contribution in [0.4, 0.5) is 10.8 Å². The summed E-state index contributed by atoms with van der Waals surface area (Å²) in [6.45, 7) is 2.90. The van der Waals surface area contributed by atoms with Crippen molar-refractivity contribution in [2.45, 2.75) is 19.9 Å². The first-order chi connectivity index (χ1) is 7.78. The maximum Gasteiger partial charge on any atom is 0.183 e. The number of nitrogens with zero attached hydrogens (tertiary/aromatic N) is 1. The summed E-state index contributed by atoms with van der Waals surface area (Å²) in [7, 11) is 0. The molecule has 0 unspecified atom stereocenters. The van der Waals surface area contributed by atoms with Gasteiger partial charge in [-0.1, -0.05) is 19.1 Å². The molecule has 0 saturated heterocycles. The van der Waals surface area contributed by atoms with Gasteiger partial charge in [-0.15, -0.1) is 11.3 Å². The van der Waals surface area contributed by atoms with Gasteiger partial charge < -0.3 is 11.1 Å². The summed E-state index contributed by atoms with van der Waals surface area (Å²) in [5.74, 6) is 0. The van der Waals surface area contributed by atoms with Gasteiger partial charge in [0, 0.05) is 17.6 Å². The highest BCUT2D eigenvalue weighted by Crippen LogP contribution is 2.16. The number of benzene rings is 1. The predicted molar refractivity (Wildman–Crippen MR) is 69.7 cm³/mol. The molecule has 0 amide bonds. The molecule has 1 heterocycles. The molecule has 16 heavy (non-hydrogen) atoms. The summed E-state index contributed by atoms with van der Waals surface area (Å²) in [5.41, 5.74) is 8.78. The number of hydrogen-bond donors (Lipinski definition) is 2. The Balaban J connectivity index is 1.94. The molecule has 4 heteroatoms. The molecular weight excluding hydrogens is 218 g/mol. The average Bonchev–Trinajstić information content (AvgIpc) is 2.76. The summed E-state index contributed by atoms with van der Waals surface area (Å²) in [5, 5.41) is 6.37. The summed E-state index contributed by atoms with van der Waals surface area (Å²) in [6.07, 6.45) is 0.986. The first-order valence-electron chi connectivity index (χ1n) is 5.30. The number of thiazole rings is 1. The Morgan fingerprint density at radius 3 is 2.69 bits per heavy atom. The number of nitrogen functional groups attached to an aromatic ring is 1. The Bertz CT molecular complexity index is 448. The minimum absolute atomic E-state index is 0.789. The molecule has 84 valence electrons. The van der Waals surface area contributed by atoms with Crippen LogP contribution in [0.2, 0.25) is 0 Å². The zero-order valence-electron chi connectivity index (χ0n) is 9.23. The van der Waals surface area contributed by atoms with Gasteiger partial charge in [0.1, 0.15) is 0 Å². The van der Waals surface area contributed by atoms with Crippen LogP contribution in [0.25, 0.3) is 0 Å². The number of hydrogen-bond acceptors (Lipinski definition) is 4. The quantitative estimate of drug-likeness (QED) is 0.798. The van der Waals surface area contributed by atoms with E-state index in [-0.39, 0.29) is 0 Å². The van der Waals surface area contributed by atoms with Gasteiger partial charge in [0.25, 0.3) is 0 Å². The van der Waals surface area contributed by atoms with Crippen LogP contribution in [0.5, 0.6) is 0 Å². The average molecular weight is 233 g/mol. The third-order valence-corrected chi connectivity index (χ3v) is 3.19. The molecule has 0 fully saturated rings. The second-order valence-corrected chi connectivity index (χ2v) is 4.45. The largest absolute Gasteiger partial charge is 0.399 e. The lowest BCUT2D eigenvalue weighted by Crippen LogP contribution is -1.99. The van der Waals surface area contributed by atoms with Crippen molar-refractivity contribution in [2.24, 2.45) is 0 Å². The van der Waals surface area contributed by atoms with Crippen molar-refractivity contribution in [3.8, 4) is 0 Å². The van der Waals surface area contributed by atoms with Crippen LogP contribution in [-0.4, -0.2) is 4.98 Å². The van der Waals surface area contributed by atoms with Crippen molar-refractivity contribution in [3.05, 3.63) is 40.9 Å². The van der Waals surface area contributed by atoms with Gasteiger partial charge in [-0.3, -0.25) is 0 Å². The Hall–Kier alpha value is -1.55. The fourth-order valence-corrected chi connectivity index (χ4v) is 2.16. The normalized spacial score (nSPS) is 10.3. The highest BCUT2D eigenvalue weighted by atomic mass is 32.1. The molecule has 2 aromatic rings. The second-order valence-electron chi connectivity index (χ2n) is 3.59. The summed E-state index contributed by atoms with van der Waals surface area (Å²) in [6, 6.07) is 7.88. The van der Waals surface area contributed by atoms with Gasteiger partial charge in [0.05, 0.1) is 5.69 Å². The van der Waals surface area contributed by atoms with Crippen LogP contribution in [0.1, 0.15) is 18.2 Å². The van der Waals surface area contributed by atoms with Gasteiger partial charge >= 0.3 is 0 Å². The van der Waals surface area contributed by atoms with Crippen LogP contribution in [-0.2, 0) is 13.0 Å². The molecule has 2 rings (SSSR count). The van der Waals surface area contributed by atoms with Gasteiger partial charge in [-0.05, 0) is 24.1 Å². The van der Waals surface area contributed by atoms with E-state index in [1.807, 2.05) is 24.3 Å². The van der Waals surface area contributed by atoms with Crippen molar-refractivity contribution in [1.82, 2.24) is 4.98 Å². The van der Waals surface area contributed by atoms with Crippen LogP contribution >= 0.6 is 11.3 Å². The minimum Gasteiger partial charge on any atom is -0.399 e. The van der Waals surface area contributed by atoms with Crippen molar-refractivity contribution >= 4 is 22.2 Å². The SMILES string of the molecule is CCc1csc(NCc2ccc(N)cc2)n1. The van der Waals surface area contributed by atoms with Crippen molar-refractivity contribution in [3.63, 3.8) is 0 Å². The van der Waals surface area contributed by atoms with Gasteiger partial charge in [0.2, 0.25) is 0 Å². The van der Waals surface area contributed by atoms with Crippen LogP contribution < -0.4 is 11.1 Å². The zero-order chi connectivity index (χ0) is 11.4. The maximum absolute atomic E-state index is 5.62. The topological polar surface area (TPSA) is 50.9 Å². The molecule has 0 aliphatic rings. The van der Waals surface area contributed by atoms with Crippen molar-refractivity contribution in [1.29, 1.82) is 0 Å². The number of aromatic nitrogens is 1. The Morgan fingerprint density at radius 2 is 2.06 bits per heavy atom. The number of rotatable bonds is 4. The maximum atomic E-state index is 5.62. The molecule has 0 aliphatic carbocycles. The molecule has 0 radical (unpaired) electrons. The second kappa shape index (κ2) is 4.99. The third-order valence-electron chi connectivity index (χ3n) is 2.34. The summed E-state index contributed by atoms with van der Waals surface area (Å²) in [4.78, 5) is 4.44. The van der Waals surface area contributed by atoms with E-state index in [9.17, 15) is 0 Å². The molecule has 0 saturated carbocycles. The Labute approximate surface area is 99.3 Å².